The van der Waals surface area contributed by atoms with Gasteiger partial charge in [0.1, 0.15) is 17.4 Å². The molecule has 2 aromatic rings. The van der Waals surface area contributed by atoms with Gasteiger partial charge < -0.3 is 15.7 Å². The number of nitrogens with zero attached hydrogens (tertiary/aromatic N) is 3. The number of hydrazine groups is 1. The van der Waals surface area contributed by atoms with Gasteiger partial charge in [-0.1, -0.05) is 12.1 Å². The second-order valence-corrected chi connectivity index (χ2v) is 6.04. The first kappa shape index (κ1) is 16.8. The van der Waals surface area contributed by atoms with Gasteiger partial charge in [0.05, 0.1) is 12.1 Å². The Labute approximate surface area is 155 Å². The lowest BCUT2D eigenvalue weighted by atomic mass is 10.2. The predicted molar refractivity (Wildman–Crippen MR) is 101 cm³/mol. The van der Waals surface area contributed by atoms with Gasteiger partial charge >= 0.3 is 0 Å². The maximum atomic E-state index is 12.6. The summed E-state index contributed by atoms with van der Waals surface area (Å²) in [5.41, 5.74) is 5.20. The summed E-state index contributed by atoms with van der Waals surface area (Å²) < 4.78 is 0. The van der Waals surface area contributed by atoms with E-state index in [4.69, 9.17) is 0 Å². The van der Waals surface area contributed by atoms with E-state index in [9.17, 15) is 9.90 Å². The number of hydrogen-bond donors (Lipinski definition) is 4. The summed E-state index contributed by atoms with van der Waals surface area (Å²) in [6.07, 6.45) is 7.15. The molecule has 1 aromatic carbocycles. The Kier molecular flexibility index (Phi) is 4.54. The van der Waals surface area contributed by atoms with Crippen LogP contribution in [0.3, 0.4) is 0 Å². The highest BCUT2D eigenvalue weighted by molar-refractivity contribution is 6.06. The van der Waals surface area contributed by atoms with Gasteiger partial charge in [-0.25, -0.2) is 5.43 Å². The Hall–Kier alpha value is -3.65. The first-order valence-corrected chi connectivity index (χ1v) is 8.44. The molecule has 1 amide bonds. The SMILES string of the molecule is O=C(Nc1cccc(O)c1)C1=C2NC(=NCc3cccnc3)C=CN2NC1. The van der Waals surface area contributed by atoms with Crippen LogP contribution in [0.2, 0.25) is 0 Å². The van der Waals surface area contributed by atoms with E-state index in [1.165, 1.54) is 6.07 Å². The molecule has 27 heavy (non-hydrogen) atoms. The van der Waals surface area contributed by atoms with E-state index in [0.717, 1.165) is 5.56 Å². The lowest BCUT2D eigenvalue weighted by molar-refractivity contribution is -0.112. The Bertz CT molecular complexity index is 952. The van der Waals surface area contributed by atoms with Crippen molar-refractivity contribution in [1.29, 1.82) is 0 Å². The molecular weight excluding hydrogens is 344 g/mol. The Balaban J connectivity index is 1.51. The van der Waals surface area contributed by atoms with Crippen molar-refractivity contribution < 1.29 is 9.90 Å². The first-order valence-electron chi connectivity index (χ1n) is 8.44. The van der Waals surface area contributed by atoms with Crippen molar-refractivity contribution in [3.63, 3.8) is 0 Å². The van der Waals surface area contributed by atoms with Crippen LogP contribution in [-0.4, -0.2) is 33.4 Å². The van der Waals surface area contributed by atoms with Crippen molar-refractivity contribution in [1.82, 2.24) is 20.7 Å². The molecule has 2 aliphatic heterocycles. The number of fused-ring (bicyclic) bond motifs is 1. The van der Waals surface area contributed by atoms with E-state index >= 15 is 0 Å². The highest BCUT2D eigenvalue weighted by atomic mass is 16.3. The van der Waals surface area contributed by atoms with E-state index in [2.05, 4.69) is 26.0 Å². The molecule has 0 spiro atoms. The quantitative estimate of drug-likeness (QED) is 0.657. The number of amidine groups is 1. The number of amides is 1. The number of pyridine rings is 1. The monoisotopic (exact) mass is 362 g/mol. The van der Waals surface area contributed by atoms with Crippen LogP contribution in [0.5, 0.6) is 5.75 Å². The van der Waals surface area contributed by atoms with Gasteiger partial charge in [0.25, 0.3) is 5.91 Å². The summed E-state index contributed by atoms with van der Waals surface area (Å²) in [5.74, 6) is 1.15. The molecule has 3 heterocycles. The summed E-state index contributed by atoms with van der Waals surface area (Å²) in [6.45, 7) is 0.874. The van der Waals surface area contributed by atoms with Crippen LogP contribution in [-0.2, 0) is 11.3 Å². The van der Waals surface area contributed by atoms with E-state index < -0.39 is 0 Å². The van der Waals surface area contributed by atoms with Crippen molar-refractivity contribution >= 4 is 17.4 Å². The van der Waals surface area contributed by atoms with Crippen molar-refractivity contribution in [3.05, 3.63) is 78.0 Å². The normalized spacial score (nSPS) is 17.0. The van der Waals surface area contributed by atoms with Crippen molar-refractivity contribution in [2.24, 2.45) is 4.99 Å². The topological polar surface area (TPSA) is 102 Å². The van der Waals surface area contributed by atoms with E-state index in [1.54, 1.807) is 35.6 Å². The number of carbonyl (C=O) groups excluding carboxylic acids is 1. The third-order valence-electron chi connectivity index (χ3n) is 4.11. The minimum Gasteiger partial charge on any atom is -0.508 e. The number of carbonyl (C=O) groups is 1. The fourth-order valence-electron chi connectivity index (χ4n) is 2.78. The van der Waals surface area contributed by atoms with Crippen LogP contribution in [0.1, 0.15) is 5.56 Å². The summed E-state index contributed by atoms with van der Waals surface area (Å²) in [7, 11) is 0. The molecule has 8 nitrogen and oxygen atoms in total. The molecule has 136 valence electrons. The Morgan fingerprint density at radius 2 is 2.26 bits per heavy atom. The molecule has 4 rings (SSSR count). The average molecular weight is 362 g/mol. The molecule has 0 unspecified atom stereocenters. The van der Waals surface area contributed by atoms with E-state index in [-0.39, 0.29) is 11.7 Å². The summed E-state index contributed by atoms with van der Waals surface area (Å²) >= 11 is 0. The number of phenolic OH excluding ortho intramolecular Hbond substituents is 1. The molecule has 0 bridgehead atoms. The number of aromatic nitrogens is 1. The number of phenols is 1. The minimum atomic E-state index is -0.250. The van der Waals surface area contributed by atoms with Crippen LogP contribution in [0.4, 0.5) is 5.69 Å². The van der Waals surface area contributed by atoms with Crippen LogP contribution >= 0.6 is 0 Å². The molecule has 0 fully saturated rings. The molecule has 8 heteroatoms. The number of aliphatic imine (C=N–C) groups is 1. The molecule has 2 aliphatic rings. The molecular formula is C19H18N6O2. The molecule has 0 saturated carbocycles. The number of rotatable bonds is 4. The molecule has 0 saturated heterocycles. The molecule has 4 N–H and O–H groups in total. The molecule has 0 atom stereocenters. The van der Waals surface area contributed by atoms with Crippen LogP contribution in [0.15, 0.2) is 77.5 Å². The number of anilines is 1. The second-order valence-electron chi connectivity index (χ2n) is 6.04. The average Bonchev–Trinajstić information content (AvgIpc) is 3.10. The number of nitrogens with one attached hydrogen (secondary N) is 3. The fourth-order valence-corrected chi connectivity index (χ4v) is 2.78. The largest absolute Gasteiger partial charge is 0.508 e. The van der Waals surface area contributed by atoms with Gasteiger partial charge in [-0.3, -0.25) is 19.8 Å². The van der Waals surface area contributed by atoms with Crippen LogP contribution in [0.25, 0.3) is 0 Å². The van der Waals surface area contributed by atoms with Crippen LogP contribution < -0.4 is 16.1 Å². The highest BCUT2D eigenvalue weighted by Gasteiger charge is 2.28. The zero-order valence-corrected chi connectivity index (χ0v) is 14.4. The maximum Gasteiger partial charge on any atom is 0.256 e. The first-order chi connectivity index (χ1) is 13.2. The molecule has 0 aliphatic carbocycles. The van der Waals surface area contributed by atoms with Gasteiger partial charge in [-0.05, 0) is 29.8 Å². The van der Waals surface area contributed by atoms with Crippen molar-refractivity contribution in [2.75, 3.05) is 11.9 Å². The van der Waals surface area contributed by atoms with Crippen molar-refractivity contribution in [2.45, 2.75) is 6.54 Å². The lowest BCUT2D eigenvalue weighted by Crippen LogP contribution is -2.38. The predicted octanol–water partition coefficient (Wildman–Crippen LogP) is 1.47. The Morgan fingerprint density at radius 3 is 3.07 bits per heavy atom. The molecule has 1 aromatic heterocycles. The molecule has 0 radical (unpaired) electrons. The van der Waals surface area contributed by atoms with Gasteiger partial charge in [0, 0.05) is 36.9 Å². The maximum absolute atomic E-state index is 12.6. The van der Waals surface area contributed by atoms with Crippen molar-refractivity contribution in [3.8, 4) is 5.75 Å². The zero-order chi connectivity index (χ0) is 18.6. The zero-order valence-electron chi connectivity index (χ0n) is 14.4. The highest BCUT2D eigenvalue weighted by Crippen LogP contribution is 2.20. The lowest BCUT2D eigenvalue weighted by Gasteiger charge is -2.23. The number of benzene rings is 1. The van der Waals surface area contributed by atoms with Gasteiger partial charge in [0.15, 0.2) is 0 Å². The number of hydrogen-bond acceptors (Lipinski definition) is 6. The summed E-state index contributed by atoms with van der Waals surface area (Å²) in [6, 6.07) is 10.3. The Morgan fingerprint density at radius 1 is 1.33 bits per heavy atom. The van der Waals surface area contributed by atoms with Gasteiger partial charge in [-0.15, -0.1) is 0 Å². The van der Waals surface area contributed by atoms with E-state index in [0.29, 0.717) is 36.0 Å². The second kappa shape index (κ2) is 7.30. The smallest absolute Gasteiger partial charge is 0.256 e. The number of aromatic hydroxyl groups is 1. The standard InChI is InChI=1S/C19H18N6O2/c26-15-5-1-4-14(9-15)23-19(27)16-12-22-25-8-6-17(24-18(16)25)21-11-13-3-2-7-20-10-13/h1-10,22,26H,11-12H2,(H,21,24)(H,23,27). The summed E-state index contributed by atoms with van der Waals surface area (Å²) in [4.78, 5) is 21.2. The van der Waals surface area contributed by atoms with Crippen LogP contribution in [0, 0.1) is 0 Å². The summed E-state index contributed by atoms with van der Waals surface area (Å²) in [5, 5.41) is 17.3. The fraction of sp³-hybridized carbons (Fsp3) is 0.105. The minimum absolute atomic E-state index is 0.0974. The third kappa shape index (κ3) is 3.80. The van der Waals surface area contributed by atoms with Gasteiger partial charge in [-0.2, -0.15) is 0 Å². The van der Waals surface area contributed by atoms with E-state index in [1.807, 2.05) is 24.4 Å². The third-order valence-corrected chi connectivity index (χ3v) is 4.11. The van der Waals surface area contributed by atoms with Gasteiger partial charge in [0.2, 0.25) is 0 Å².